The minimum absolute atomic E-state index is 0.232. The number of amides is 1. The van der Waals surface area contributed by atoms with Gasteiger partial charge in [-0.2, -0.15) is 0 Å². The van der Waals surface area contributed by atoms with E-state index in [9.17, 15) is 4.79 Å². The van der Waals surface area contributed by atoms with Crippen LogP contribution < -0.4 is 11.1 Å². The Morgan fingerprint density at radius 1 is 1.11 bits per heavy atom. The number of hydrogen-bond acceptors (Lipinski definition) is 3. The summed E-state index contributed by atoms with van der Waals surface area (Å²) in [6.07, 6.45) is 10.7. The van der Waals surface area contributed by atoms with Gasteiger partial charge >= 0.3 is 0 Å². The predicted octanol–water partition coefficient (Wildman–Crippen LogP) is 1.64. The maximum Gasteiger partial charge on any atom is 0.221 e. The van der Waals surface area contributed by atoms with Gasteiger partial charge in [-0.3, -0.25) is 9.69 Å². The van der Waals surface area contributed by atoms with E-state index in [2.05, 4.69) is 10.2 Å². The molecule has 0 aromatic rings. The first-order valence-corrected chi connectivity index (χ1v) is 8.03. The molecular weight excluding hydrogens is 238 g/mol. The van der Waals surface area contributed by atoms with E-state index in [1.807, 2.05) is 0 Å². The van der Waals surface area contributed by atoms with Crippen molar-refractivity contribution < 1.29 is 4.79 Å². The average molecular weight is 267 g/mol. The molecule has 0 unspecified atom stereocenters. The van der Waals surface area contributed by atoms with E-state index in [1.165, 1.54) is 44.9 Å². The highest BCUT2D eigenvalue weighted by Gasteiger charge is 2.24. The summed E-state index contributed by atoms with van der Waals surface area (Å²) in [5.74, 6) is 0.232. The SMILES string of the molecule is NCCCN(CCC(=O)NC1CC1)C1CCCCC1. The number of carbonyl (C=O) groups excluding carboxylic acids is 1. The van der Waals surface area contributed by atoms with Crippen molar-refractivity contribution in [2.24, 2.45) is 5.73 Å². The van der Waals surface area contributed by atoms with Gasteiger partial charge in [-0.25, -0.2) is 0 Å². The summed E-state index contributed by atoms with van der Waals surface area (Å²) in [7, 11) is 0. The molecule has 0 aromatic heterocycles. The second-order valence-corrected chi connectivity index (χ2v) is 6.06. The Labute approximate surface area is 117 Å². The number of hydrogen-bond donors (Lipinski definition) is 2. The smallest absolute Gasteiger partial charge is 0.221 e. The minimum atomic E-state index is 0.232. The Morgan fingerprint density at radius 3 is 2.47 bits per heavy atom. The van der Waals surface area contributed by atoms with Gasteiger partial charge in [-0.15, -0.1) is 0 Å². The van der Waals surface area contributed by atoms with Crippen molar-refractivity contribution in [1.29, 1.82) is 0 Å². The Bertz CT molecular complexity index is 273. The van der Waals surface area contributed by atoms with Gasteiger partial charge in [-0.05, 0) is 45.2 Å². The molecule has 2 rings (SSSR count). The molecule has 2 saturated carbocycles. The van der Waals surface area contributed by atoms with Crippen LogP contribution in [0.1, 0.15) is 57.8 Å². The highest BCUT2D eigenvalue weighted by Crippen LogP contribution is 2.23. The lowest BCUT2D eigenvalue weighted by atomic mass is 9.94. The topological polar surface area (TPSA) is 58.4 Å². The fourth-order valence-electron chi connectivity index (χ4n) is 2.99. The van der Waals surface area contributed by atoms with Gasteiger partial charge < -0.3 is 11.1 Å². The van der Waals surface area contributed by atoms with Crippen molar-refractivity contribution in [1.82, 2.24) is 10.2 Å². The van der Waals surface area contributed by atoms with Gasteiger partial charge in [0.1, 0.15) is 0 Å². The van der Waals surface area contributed by atoms with Crippen LogP contribution in [0, 0.1) is 0 Å². The monoisotopic (exact) mass is 267 g/mol. The fourth-order valence-corrected chi connectivity index (χ4v) is 2.99. The van der Waals surface area contributed by atoms with Gasteiger partial charge in [0.25, 0.3) is 0 Å². The molecular formula is C15H29N3O. The molecule has 0 bridgehead atoms. The van der Waals surface area contributed by atoms with Crippen LogP contribution in [-0.4, -0.2) is 42.5 Å². The zero-order chi connectivity index (χ0) is 13.5. The van der Waals surface area contributed by atoms with Crippen LogP contribution in [0.5, 0.6) is 0 Å². The molecule has 2 aliphatic rings. The minimum Gasteiger partial charge on any atom is -0.353 e. The molecule has 110 valence electrons. The highest BCUT2D eigenvalue weighted by molar-refractivity contribution is 5.76. The maximum absolute atomic E-state index is 11.8. The Hall–Kier alpha value is -0.610. The second-order valence-electron chi connectivity index (χ2n) is 6.06. The normalized spacial score (nSPS) is 20.7. The lowest BCUT2D eigenvalue weighted by Crippen LogP contribution is -2.40. The first-order chi connectivity index (χ1) is 9.29. The molecule has 1 amide bonds. The average Bonchev–Trinajstić information content (AvgIpc) is 3.24. The molecule has 0 spiro atoms. The van der Waals surface area contributed by atoms with Gasteiger partial charge in [0, 0.05) is 25.0 Å². The summed E-state index contributed by atoms with van der Waals surface area (Å²) in [5, 5.41) is 3.08. The number of nitrogens with two attached hydrogens (primary N) is 1. The van der Waals surface area contributed by atoms with Crippen molar-refractivity contribution >= 4 is 5.91 Å². The molecule has 0 saturated heterocycles. The molecule has 4 heteroatoms. The molecule has 19 heavy (non-hydrogen) atoms. The number of carbonyl (C=O) groups is 1. The summed E-state index contributed by atoms with van der Waals surface area (Å²) < 4.78 is 0. The molecule has 3 N–H and O–H groups in total. The Morgan fingerprint density at radius 2 is 1.84 bits per heavy atom. The van der Waals surface area contributed by atoms with Gasteiger partial charge in [0.2, 0.25) is 5.91 Å². The van der Waals surface area contributed by atoms with Crippen LogP contribution >= 0.6 is 0 Å². The van der Waals surface area contributed by atoms with E-state index in [0.717, 1.165) is 26.1 Å². The largest absolute Gasteiger partial charge is 0.353 e. The van der Waals surface area contributed by atoms with Crippen LogP contribution in [0.15, 0.2) is 0 Å². The maximum atomic E-state index is 11.8. The van der Waals surface area contributed by atoms with E-state index in [1.54, 1.807) is 0 Å². The predicted molar refractivity (Wildman–Crippen MR) is 77.9 cm³/mol. The van der Waals surface area contributed by atoms with Crippen molar-refractivity contribution in [3.8, 4) is 0 Å². The van der Waals surface area contributed by atoms with Gasteiger partial charge in [-0.1, -0.05) is 19.3 Å². The molecule has 0 heterocycles. The third-order valence-corrected chi connectivity index (χ3v) is 4.31. The van der Waals surface area contributed by atoms with Crippen LogP contribution in [0.3, 0.4) is 0 Å². The van der Waals surface area contributed by atoms with Crippen molar-refractivity contribution in [3.63, 3.8) is 0 Å². The summed E-state index contributed by atoms with van der Waals surface area (Å²) in [4.78, 5) is 14.3. The Balaban J connectivity index is 1.72. The first-order valence-electron chi connectivity index (χ1n) is 8.03. The zero-order valence-corrected chi connectivity index (χ0v) is 12.1. The van der Waals surface area contributed by atoms with Crippen molar-refractivity contribution in [3.05, 3.63) is 0 Å². The molecule has 2 fully saturated rings. The summed E-state index contributed by atoms with van der Waals surface area (Å²) >= 11 is 0. The molecule has 0 radical (unpaired) electrons. The van der Waals surface area contributed by atoms with Crippen LogP contribution in [-0.2, 0) is 4.79 Å². The lowest BCUT2D eigenvalue weighted by molar-refractivity contribution is -0.121. The van der Waals surface area contributed by atoms with Gasteiger partial charge in [0.05, 0.1) is 0 Å². The van der Waals surface area contributed by atoms with Crippen LogP contribution in [0.4, 0.5) is 0 Å². The summed E-state index contributed by atoms with van der Waals surface area (Å²) in [5.41, 5.74) is 5.63. The number of nitrogens with zero attached hydrogens (tertiary/aromatic N) is 1. The summed E-state index contributed by atoms with van der Waals surface area (Å²) in [6, 6.07) is 1.17. The third-order valence-electron chi connectivity index (χ3n) is 4.31. The van der Waals surface area contributed by atoms with E-state index in [4.69, 9.17) is 5.73 Å². The van der Waals surface area contributed by atoms with Gasteiger partial charge in [0.15, 0.2) is 0 Å². The van der Waals surface area contributed by atoms with E-state index in [0.29, 0.717) is 18.5 Å². The fraction of sp³-hybridized carbons (Fsp3) is 0.933. The second kappa shape index (κ2) is 7.85. The molecule has 0 atom stereocenters. The van der Waals surface area contributed by atoms with E-state index in [-0.39, 0.29) is 5.91 Å². The number of nitrogens with one attached hydrogen (secondary N) is 1. The highest BCUT2D eigenvalue weighted by atomic mass is 16.1. The molecule has 0 aromatic carbocycles. The standard InChI is InChI=1S/C15H29N3O/c16-10-4-11-18(14-5-2-1-3-6-14)12-9-15(19)17-13-7-8-13/h13-14H,1-12,16H2,(H,17,19). The van der Waals surface area contributed by atoms with Crippen LogP contribution in [0.2, 0.25) is 0 Å². The summed E-state index contributed by atoms with van der Waals surface area (Å²) in [6.45, 7) is 2.71. The molecule has 2 aliphatic carbocycles. The number of rotatable bonds is 8. The van der Waals surface area contributed by atoms with Crippen molar-refractivity contribution in [2.75, 3.05) is 19.6 Å². The van der Waals surface area contributed by atoms with Crippen LogP contribution in [0.25, 0.3) is 0 Å². The zero-order valence-electron chi connectivity index (χ0n) is 12.1. The first kappa shape index (κ1) is 14.8. The Kier molecular flexibility index (Phi) is 6.11. The molecule has 0 aliphatic heterocycles. The van der Waals surface area contributed by atoms with E-state index < -0.39 is 0 Å². The third kappa shape index (κ3) is 5.49. The van der Waals surface area contributed by atoms with Crippen molar-refractivity contribution in [2.45, 2.75) is 69.9 Å². The van der Waals surface area contributed by atoms with E-state index >= 15 is 0 Å². The quantitative estimate of drug-likeness (QED) is 0.703. The molecule has 4 nitrogen and oxygen atoms in total. The lowest BCUT2D eigenvalue weighted by Gasteiger charge is -2.34.